The molecule has 12 rings (SSSR count). The number of nitrogens with one attached hydrogen (secondary N) is 2. The van der Waals surface area contributed by atoms with E-state index in [-0.39, 0.29) is 24.4 Å². The lowest BCUT2D eigenvalue weighted by Gasteiger charge is -2.45. The minimum absolute atomic E-state index is 0.140. The topological polar surface area (TPSA) is 164 Å². The molecule has 0 bridgehead atoms. The molecule has 16 heteroatoms. The molecule has 10 heterocycles. The third-order valence-corrected chi connectivity index (χ3v) is 14.8. The number of morpholine rings is 2. The van der Waals surface area contributed by atoms with Gasteiger partial charge < -0.3 is 29.9 Å². The number of likely N-dealkylation sites (tertiary alicyclic amines) is 2. The molecule has 6 aliphatic rings. The number of nitriles is 2. The molecule has 6 aromatic rings. The summed E-state index contributed by atoms with van der Waals surface area (Å²) in [6, 6.07) is 22.4. The average molecular weight is 915 g/mol. The van der Waals surface area contributed by atoms with Crippen LogP contribution in [0.5, 0.6) is 0 Å². The van der Waals surface area contributed by atoms with Gasteiger partial charge in [-0.1, -0.05) is 0 Å². The van der Waals surface area contributed by atoms with Crippen LogP contribution in [0.4, 0.5) is 11.4 Å². The van der Waals surface area contributed by atoms with E-state index in [4.69, 9.17) is 19.7 Å². The summed E-state index contributed by atoms with van der Waals surface area (Å²) >= 11 is 0. The van der Waals surface area contributed by atoms with Crippen molar-refractivity contribution < 1.29 is 9.47 Å². The quantitative estimate of drug-likeness (QED) is 0.210. The summed E-state index contributed by atoms with van der Waals surface area (Å²) < 4.78 is 17.2. The molecule has 4 fully saturated rings. The number of rotatable bonds is 8. The van der Waals surface area contributed by atoms with Crippen molar-refractivity contribution in [3.05, 3.63) is 107 Å². The van der Waals surface area contributed by atoms with Gasteiger partial charge >= 0.3 is 0 Å². The maximum absolute atomic E-state index is 9.48. The summed E-state index contributed by atoms with van der Waals surface area (Å²) in [7, 11) is 0. The minimum atomic E-state index is 0.140. The molecule has 2 N–H and O–H groups in total. The smallest absolute Gasteiger partial charge is 0.101 e. The lowest BCUT2D eigenvalue weighted by molar-refractivity contribution is -0.0494. The molecule has 16 nitrogen and oxygen atoms in total. The molecule has 0 amide bonds. The first-order valence-corrected chi connectivity index (χ1v) is 24.6. The zero-order valence-electron chi connectivity index (χ0n) is 39.6. The van der Waals surface area contributed by atoms with Gasteiger partial charge in [0, 0.05) is 125 Å². The molecule has 68 heavy (non-hydrogen) atoms. The first kappa shape index (κ1) is 44.5. The van der Waals surface area contributed by atoms with Crippen LogP contribution in [0, 0.1) is 22.7 Å². The Hall–Kier alpha value is -5.98. The fraction of sp³-hybridized carbons (Fsp3) is 0.500. The van der Waals surface area contributed by atoms with E-state index in [1.54, 1.807) is 12.4 Å². The molecule has 2 aromatic carbocycles. The van der Waals surface area contributed by atoms with E-state index in [0.29, 0.717) is 35.3 Å². The molecular formula is C52H62N14O2. The predicted molar refractivity (Wildman–Crippen MR) is 261 cm³/mol. The molecule has 0 unspecified atom stereocenters. The number of aromatic nitrogens is 6. The second-order valence-corrected chi connectivity index (χ2v) is 20.1. The zero-order valence-corrected chi connectivity index (χ0v) is 39.6. The predicted octanol–water partition coefficient (Wildman–Crippen LogP) is 4.98. The maximum atomic E-state index is 9.48. The van der Waals surface area contributed by atoms with Crippen LogP contribution in [0.15, 0.2) is 73.3 Å². The van der Waals surface area contributed by atoms with E-state index in [9.17, 15) is 10.5 Å². The van der Waals surface area contributed by atoms with Crippen molar-refractivity contribution >= 4 is 33.2 Å². The first-order valence-electron chi connectivity index (χ1n) is 24.6. The number of nitrogens with zero attached hydrogens (tertiary/aromatic N) is 12. The van der Waals surface area contributed by atoms with Crippen molar-refractivity contribution in [2.24, 2.45) is 0 Å². The van der Waals surface area contributed by atoms with Crippen LogP contribution >= 0.6 is 0 Å². The van der Waals surface area contributed by atoms with E-state index < -0.39 is 0 Å². The monoisotopic (exact) mass is 915 g/mol. The molecule has 6 atom stereocenters. The molecule has 352 valence electrons. The summed E-state index contributed by atoms with van der Waals surface area (Å²) in [5.74, 6) is 0. The van der Waals surface area contributed by atoms with E-state index in [2.05, 4.69) is 126 Å². The number of fused-ring (bicyclic) bond motifs is 4. The van der Waals surface area contributed by atoms with Crippen molar-refractivity contribution in [3.63, 3.8) is 0 Å². The van der Waals surface area contributed by atoms with Crippen LogP contribution in [-0.2, 0) is 35.4 Å². The highest BCUT2D eigenvalue weighted by atomic mass is 16.5. The molecular weight excluding hydrogens is 853 g/mol. The van der Waals surface area contributed by atoms with Crippen molar-refractivity contribution in [1.29, 1.82) is 10.5 Å². The summed E-state index contributed by atoms with van der Waals surface area (Å²) in [4.78, 5) is 18.7. The lowest BCUT2D eigenvalue weighted by Crippen LogP contribution is -2.56. The van der Waals surface area contributed by atoms with E-state index in [1.165, 1.54) is 22.5 Å². The van der Waals surface area contributed by atoms with Gasteiger partial charge in [-0.3, -0.25) is 29.1 Å². The maximum Gasteiger partial charge on any atom is 0.101 e. The SMILES string of the molecule is C[C@@H]1CN(c2ccc(C#N)c3ncccc23)C[C@H](CN2CC(n3ncc4c3CN[C@@H](C)C4)C2)O1.C[C@@H]1Cc2cnn(C3CN(C[C@H]4CN(c5ccc(C#N)c6ncccc56)C[C@@H](C)O4)C3)c2CN1. The summed E-state index contributed by atoms with van der Waals surface area (Å²) in [5.41, 5.74) is 10.6. The van der Waals surface area contributed by atoms with Gasteiger partial charge in [0.05, 0.1) is 82.4 Å². The van der Waals surface area contributed by atoms with Crippen molar-refractivity contribution in [2.75, 3.05) is 75.2 Å². The van der Waals surface area contributed by atoms with Gasteiger partial charge in [0.15, 0.2) is 0 Å². The third kappa shape index (κ3) is 8.81. The Morgan fingerprint density at radius 3 is 1.46 bits per heavy atom. The second-order valence-electron chi connectivity index (χ2n) is 20.1. The highest BCUT2D eigenvalue weighted by Crippen LogP contribution is 2.34. The van der Waals surface area contributed by atoms with Crippen LogP contribution in [0.25, 0.3) is 21.8 Å². The number of hydrogen-bond acceptors (Lipinski definition) is 14. The standard InChI is InChI=1S/2C26H31N7O/c2*1-17-8-20-10-30-33(25(20)11-29-17)21-13-31(14-21)15-22-16-32(12-18(2)34-22)24-6-5-19(9-27)26-23(24)4-3-7-28-26/h2*3-7,10,17-18,21-22,29H,8,11-16H2,1-2H3/t17-,18+,22-;17-,18-,22+/m01/s1. The minimum Gasteiger partial charge on any atom is -0.370 e. The van der Waals surface area contributed by atoms with Crippen molar-refractivity contribution in [1.82, 2.24) is 50.0 Å². The fourth-order valence-corrected chi connectivity index (χ4v) is 11.6. The Balaban J connectivity index is 0.000000149. The van der Waals surface area contributed by atoms with Crippen LogP contribution in [0.3, 0.4) is 0 Å². The highest BCUT2D eigenvalue weighted by molar-refractivity contribution is 5.96. The largest absolute Gasteiger partial charge is 0.370 e. The van der Waals surface area contributed by atoms with Gasteiger partial charge in [0.25, 0.3) is 0 Å². The summed E-state index contributed by atoms with van der Waals surface area (Å²) in [6.45, 7) is 19.8. The van der Waals surface area contributed by atoms with Gasteiger partial charge in [-0.05, 0) is 100 Å². The van der Waals surface area contributed by atoms with Crippen molar-refractivity contribution in [2.45, 2.75) is 102 Å². The molecule has 0 radical (unpaired) electrons. The number of ether oxygens (including phenoxy) is 2. The second kappa shape index (κ2) is 18.8. The highest BCUT2D eigenvalue weighted by Gasteiger charge is 2.38. The molecule has 4 aromatic heterocycles. The van der Waals surface area contributed by atoms with Gasteiger partial charge in [-0.25, -0.2) is 0 Å². The Morgan fingerprint density at radius 1 is 0.588 bits per heavy atom. The van der Waals surface area contributed by atoms with Gasteiger partial charge in [-0.2, -0.15) is 20.7 Å². The molecule has 0 spiro atoms. The van der Waals surface area contributed by atoms with Crippen LogP contribution in [0.1, 0.15) is 73.4 Å². The van der Waals surface area contributed by atoms with Crippen LogP contribution in [-0.4, -0.2) is 141 Å². The van der Waals surface area contributed by atoms with E-state index >= 15 is 0 Å². The number of anilines is 2. The van der Waals surface area contributed by atoms with Gasteiger partial charge in [0.1, 0.15) is 12.1 Å². The Kier molecular flexibility index (Phi) is 12.3. The average Bonchev–Trinajstić information content (AvgIpc) is 3.93. The van der Waals surface area contributed by atoms with Crippen LogP contribution in [0.2, 0.25) is 0 Å². The third-order valence-electron chi connectivity index (χ3n) is 14.8. The number of benzene rings is 2. The summed E-state index contributed by atoms with van der Waals surface area (Å²) in [5, 5.41) is 37.6. The van der Waals surface area contributed by atoms with Crippen molar-refractivity contribution in [3.8, 4) is 12.1 Å². The van der Waals surface area contributed by atoms with E-state index in [0.717, 1.165) is 125 Å². The number of hydrogen-bond donors (Lipinski definition) is 2. The van der Waals surface area contributed by atoms with Crippen LogP contribution < -0.4 is 20.4 Å². The zero-order chi connectivity index (χ0) is 46.5. The fourth-order valence-electron chi connectivity index (χ4n) is 11.6. The Labute approximate surface area is 398 Å². The molecule has 0 saturated carbocycles. The van der Waals surface area contributed by atoms with Gasteiger partial charge in [-0.15, -0.1) is 0 Å². The lowest BCUT2D eigenvalue weighted by atomic mass is 10.0. The molecule has 4 saturated heterocycles. The number of pyridine rings is 2. The summed E-state index contributed by atoms with van der Waals surface area (Å²) in [6.07, 6.45) is 10.3. The molecule has 6 aliphatic heterocycles. The van der Waals surface area contributed by atoms with E-state index in [1.807, 2.05) is 24.3 Å². The molecule has 0 aliphatic carbocycles. The Bertz CT molecular complexity index is 2680. The van der Waals surface area contributed by atoms with Gasteiger partial charge in [0.2, 0.25) is 0 Å². The normalized spacial score (nSPS) is 25.7. The first-order chi connectivity index (χ1) is 33.2. The Morgan fingerprint density at radius 2 is 1.03 bits per heavy atom.